The molecule has 1 amide bonds. The number of hydrogen-bond donors (Lipinski definition) is 1. The van der Waals surface area contributed by atoms with Crippen LogP contribution in [0.3, 0.4) is 0 Å². The minimum Gasteiger partial charge on any atom is -0.347 e. The first-order valence-corrected chi connectivity index (χ1v) is 9.05. The van der Waals surface area contributed by atoms with E-state index in [1.54, 1.807) is 23.1 Å². The van der Waals surface area contributed by atoms with Crippen molar-refractivity contribution in [3.05, 3.63) is 46.9 Å². The quantitative estimate of drug-likeness (QED) is 0.865. The second-order valence-electron chi connectivity index (χ2n) is 6.46. The number of halogens is 2. The van der Waals surface area contributed by atoms with Gasteiger partial charge >= 0.3 is 0 Å². The Kier molecular flexibility index (Phi) is 4.94. The molecule has 0 saturated carbocycles. The molecular weight excluding hydrogens is 375 g/mol. The fraction of sp³-hybridized carbons (Fsp3) is 0.389. The average molecular weight is 393 g/mol. The molecule has 1 aromatic heterocycles. The second kappa shape index (κ2) is 7.38. The van der Waals surface area contributed by atoms with Gasteiger partial charge in [0.05, 0.1) is 18.2 Å². The highest BCUT2D eigenvalue weighted by Gasteiger charge is 2.41. The zero-order valence-corrected chi connectivity index (χ0v) is 15.2. The molecule has 27 heavy (non-hydrogen) atoms. The van der Waals surface area contributed by atoms with Gasteiger partial charge in [-0.15, -0.1) is 10.2 Å². The van der Waals surface area contributed by atoms with Gasteiger partial charge in [0.2, 0.25) is 0 Å². The highest BCUT2D eigenvalue weighted by Crippen LogP contribution is 2.31. The van der Waals surface area contributed by atoms with Crippen LogP contribution in [-0.2, 0) is 9.47 Å². The number of carbonyl (C=O) groups excluding carboxylic acids is 1. The summed E-state index contributed by atoms with van der Waals surface area (Å²) >= 11 is 5.76. The molecule has 0 unspecified atom stereocenters. The van der Waals surface area contributed by atoms with Crippen molar-refractivity contribution in [3.63, 3.8) is 0 Å². The first kappa shape index (κ1) is 18.1. The Bertz CT molecular complexity index is 833. The first-order chi connectivity index (χ1) is 13.0. The predicted molar refractivity (Wildman–Crippen MR) is 96.5 cm³/mol. The molecule has 0 atom stereocenters. The number of anilines is 2. The largest absolute Gasteiger partial charge is 0.347 e. The molecule has 2 aromatic rings. The summed E-state index contributed by atoms with van der Waals surface area (Å²) in [5.74, 6) is -0.760. The Labute approximate surface area is 160 Å². The maximum absolute atomic E-state index is 13.2. The third-order valence-corrected chi connectivity index (χ3v) is 4.99. The number of nitrogens with one attached hydrogen (secondary N) is 1. The number of likely N-dealkylation sites (tertiary alicyclic amines) is 1. The van der Waals surface area contributed by atoms with Crippen LogP contribution in [0.4, 0.5) is 15.9 Å². The first-order valence-electron chi connectivity index (χ1n) is 8.68. The minimum absolute atomic E-state index is 0.0119. The Morgan fingerprint density at radius 1 is 1.15 bits per heavy atom. The van der Waals surface area contributed by atoms with Crippen LogP contribution in [0.2, 0.25) is 5.02 Å². The molecule has 2 aliphatic rings. The number of amides is 1. The summed E-state index contributed by atoms with van der Waals surface area (Å²) in [4.78, 5) is 14.3. The van der Waals surface area contributed by atoms with Crippen LogP contribution in [0.5, 0.6) is 0 Å². The van der Waals surface area contributed by atoms with E-state index in [1.165, 1.54) is 12.1 Å². The molecule has 1 spiro atoms. The molecule has 3 heterocycles. The topological polar surface area (TPSA) is 76.6 Å². The van der Waals surface area contributed by atoms with Gasteiger partial charge in [-0.1, -0.05) is 11.6 Å². The number of aromatic nitrogens is 2. The normalized spacial score (nSPS) is 18.7. The fourth-order valence-corrected chi connectivity index (χ4v) is 3.41. The van der Waals surface area contributed by atoms with E-state index in [4.69, 9.17) is 21.1 Å². The van der Waals surface area contributed by atoms with Crippen LogP contribution < -0.4 is 5.32 Å². The molecule has 0 radical (unpaired) electrons. The lowest BCUT2D eigenvalue weighted by Gasteiger charge is -2.37. The number of benzene rings is 1. The predicted octanol–water partition coefficient (Wildman–Crippen LogP) is 2.99. The van der Waals surface area contributed by atoms with Crippen molar-refractivity contribution in [2.45, 2.75) is 18.6 Å². The number of ether oxygens (including phenoxy) is 2. The third-order valence-electron chi connectivity index (χ3n) is 4.70. The fourth-order valence-electron chi connectivity index (χ4n) is 3.23. The molecule has 0 aliphatic carbocycles. The minimum atomic E-state index is -0.521. The summed E-state index contributed by atoms with van der Waals surface area (Å²) in [5, 5.41) is 11.0. The van der Waals surface area contributed by atoms with E-state index >= 15 is 0 Å². The summed E-state index contributed by atoms with van der Waals surface area (Å²) in [7, 11) is 0. The van der Waals surface area contributed by atoms with Crippen molar-refractivity contribution in [2.75, 3.05) is 31.6 Å². The monoisotopic (exact) mass is 392 g/mol. The maximum Gasteiger partial charge on any atom is 0.274 e. The van der Waals surface area contributed by atoms with Crippen LogP contribution in [0.1, 0.15) is 23.3 Å². The molecule has 2 aliphatic heterocycles. The Morgan fingerprint density at radius 3 is 2.52 bits per heavy atom. The summed E-state index contributed by atoms with van der Waals surface area (Å²) in [6.45, 7) is 2.31. The molecule has 2 saturated heterocycles. The van der Waals surface area contributed by atoms with E-state index in [1.807, 2.05) is 0 Å². The van der Waals surface area contributed by atoms with Crippen molar-refractivity contribution >= 4 is 29.0 Å². The van der Waals surface area contributed by atoms with Gasteiger partial charge in [-0.25, -0.2) is 4.39 Å². The van der Waals surface area contributed by atoms with E-state index in [9.17, 15) is 9.18 Å². The number of rotatable bonds is 3. The SMILES string of the molecule is O=C(c1ccc(Nc2ccc(F)c(Cl)c2)nn1)N1CCC2(CC1)OCCO2. The van der Waals surface area contributed by atoms with Crippen molar-refractivity contribution < 1.29 is 18.7 Å². The lowest BCUT2D eigenvalue weighted by molar-refractivity contribution is -0.181. The number of carbonyl (C=O) groups is 1. The standard InChI is InChI=1S/C18H18ClFN4O3/c19-13-11-12(1-2-14(13)20)21-16-4-3-15(22-23-16)17(25)24-7-5-18(6-8-24)26-9-10-27-18/h1-4,11H,5-10H2,(H,21,23). The van der Waals surface area contributed by atoms with Crippen molar-refractivity contribution in [1.82, 2.24) is 15.1 Å². The van der Waals surface area contributed by atoms with Gasteiger partial charge in [-0.05, 0) is 30.3 Å². The molecule has 142 valence electrons. The van der Waals surface area contributed by atoms with Crippen LogP contribution in [-0.4, -0.2) is 53.1 Å². The van der Waals surface area contributed by atoms with Gasteiger partial charge in [-0.2, -0.15) is 0 Å². The van der Waals surface area contributed by atoms with Crippen LogP contribution in [0.15, 0.2) is 30.3 Å². The molecule has 4 rings (SSSR count). The molecule has 2 fully saturated rings. The lowest BCUT2D eigenvalue weighted by atomic mass is 10.0. The Morgan fingerprint density at radius 2 is 1.89 bits per heavy atom. The zero-order valence-electron chi connectivity index (χ0n) is 14.5. The summed E-state index contributed by atoms with van der Waals surface area (Å²) in [6.07, 6.45) is 1.30. The molecule has 9 heteroatoms. The van der Waals surface area contributed by atoms with Crippen molar-refractivity contribution in [1.29, 1.82) is 0 Å². The smallest absolute Gasteiger partial charge is 0.274 e. The van der Waals surface area contributed by atoms with Crippen LogP contribution in [0, 0.1) is 5.82 Å². The van der Waals surface area contributed by atoms with E-state index < -0.39 is 11.6 Å². The summed E-state index contributed by atoms with van der Waals surface area (Å²) in [6, 6.07) is 7.51. The molecule has 0 bridgehead atoms. The van der Waals surface area contributed by atoms with Crippen LogP contribution >= 0.6 is 11.6 Å². The summed E-state index contributed by atoms with van der Waals surface area (Å²) in [5.41, 5.74) is 0.842. The van der Waals surface area contributed by atoms with E-state index in [0.29, 0.717) is 50.7 Å². The van der Waals surface area contributed by atoms with Crippen molar-refractivity contribution in [2.24, 2.45) is 0 Å². The van der Waals surface area contributed by atoms with Gasteiger partial charge in [0.1, 0.15) is 5.82 Å². The summed E-state index contributed by atoms with van der Waals surface area (Å²) < 4.78 is 24.6. The lowest BCUT2D eigenvalue weighted by Crippen LogP contribution is -2.47. The van der Waals surface area contributed by atoms with Gasteiger partial charge in [0.15, 0.2) is 17.3 Å². The van der Waals surface area contributed by atoms with Gasteiger partial charge in [-0.3, -0.25) is 4.79 Å². The molecular formula is C18H18ClFN4O3. The van der Waals surface area contributed by atoms with Crippen molar-refractivity contribution in [3.8, 4) is 0 Å². The molecule has 7 nitrogen and oxygen atoms in total. The number of nitrogens with zero attached hydrogens (tertiary/aromatic N) is 3. The number of piperidine rings is 1. The van der Waals surface area contributed by atoms with Crippen LogP contribution in [0.25, 0.3) is 0 Å². The number of hydrogen-bond acceptors (Lipinski definition) is 6. The van der Waals surface area contributed by atoms with E-state index in [2.05, 4.69) is 15.5 Å². The third kappa shape index (κ3) is 3.87. The highest BCUT2D eigenvalue weighted by atomic mass is 35.5. The second-order valence-corrected chi connectivity index (χ2v) is 6.86. The van der Waals surface area contributed by atoms with Gasteiger partial charge in [0, 0.05) is 31.6 Å². The average Bonchev–Trinajstić information content (AvgIpc) is 3.13. The Balaban J connectivity index is 1.38. The molecule has 1 aromatic carbocycles. The van der Waals surface area contributed by atoms with E-state index in [0.717, 1.165) is 0 Å². The van der Waals surface area contributed by atoms with Gasteiger partial charge in [0.25, 0.3) is 5.91 Å². The van der Waals surface area contributed by atoms with E-state index in [-0.39, 0.29) is 16.6 Å². The molecule has 1 N–H and O–H groups in total. The Hall–Kier alpha value is -2.29. The van der Waals surface area contributed by atoms with Gasteiger partial charge < -0.3 is 19.7 Å². The zero-order chi connectivity index (χ0) is 18.9. The highest BCUT2D eigenvalue weighted by molar-refractivity contribution is 6.31. The maximum atomic E-state index is 13.2.